The third kappa shape index (κ3) is 5.01. The van der Waals surface area contributed by atoms with E-state index in [1.54, 1.807) is 0 Å². The van der Waals surface area contributed by atoms with E-state index in [9.17, 15) is 0 Å². The fourth-order valence-electron chi connectivity index (χ4n) is 1.53. The Kier molecular flexibility index (Phi) is 6.35. The summed E-state index contributed by atoms with van der Waals surface area (Å²) in [6.45, 7) is 1.83. The molecule has 2 rings (SSSR count). The molecule has 0 unspecified atom stereocenters. The van der Waals surface area contributed by atoms with Crippen molar-refractivity contribution in [2.75, 3.05) is 23.7 Å². The van der Waals surface area contributed by atoms with Gasteiger partial charge in [0.15, 0.2) is 0 Å². The van der Waals surface area contributed by atoms with Gasteiger partial charge in [-0.3, -0.25) is 0 Å². The molecule has 0 aliphatic rings. The van der Waals surface area contributed by atoms with Gasteiger partial charge < -0.3 is 10.6 Å². The van der Waals surface area contributed by atoms with Crippen LogP contribution in [-0.4, -0.2) is 13.1 Å². The summed E-state index contributed by atoms with van der Waals surface area (Å²) in [5.41, 5.74) is 2.33. The third-order valence-corrected chi connectivity index (χ3v) is 2.33. The average molecular weight is 313 g/mol. The molecule has 2 nitrogen and oxygen atoms in total. The van der Waals surface area contributed by atoms with E-state index in [0.717, 1.165) is 24.5 Å². The molecule has 2 N–H and O–H groups in total. The first-order valence-corrected chi connectivity index (χ1v) is 5.53. The van der Waals surface area contributed by atoms with Gasteiger partial charge in [0.05, 0.1) is 0 Å². The van der Waals surface area contributed by atoms with Crippen molar-refractivity contribution in [3.8, 4) is 0 Å². The van der Waals surface area contributed by atoms with Crippen molar-refractivity contribution in [1.82, 2.24) is 0 Å². The molecule has 0 aliphatic carbocycles. The first-order chi connectivity index (χ1) is 7.95. The molecule has 0 fully saturated rings. The van der Waals surface area contributed by atoms with E-state index in [1.165, 1.54) is 0 Å². The summed E-state index contributed by atoms with van der Waals surface area (Å²) in [4.78, 5) is 0. The normalized spacial score (nSPS) is 9.18. The fourth-order valence-corrected chi connectivity index (χ4v) is 1.53. The van der Waals surface area contributed by atoms with Crippen molar-refractivity contribution in [3.05, 3.63) is 60.7 Å². The summed E-state index contributed by atoms with van der Waals surface area (Å²) < 4.78 is 0. The number of anilines is 2. The van der Waals surface area contributed by atoms with E-state index in [4.69, 9.17) is 0 Å². The van der Waals surface area contributed by atoms with Gasteiger partial charge in [0.1, 0.15) is 0 Å². The zero-order valence-electron chi connectivity index (χ0n) is 9.54. The molecule has 0 aromatic heterocycles. The minimum atomic E-state index is 0. The van der Waals surface area contributed by atoms with Crippen molar-refractivity contribution in [1.29, 1.82) is 0 Å². The second-order valence-corrected chi connectivity index (χ2v) is 3.59. The number of nitrogens with one attached hydrogen (secondary N) is 2. The molecule has 3 heteroatoms. The Morgan fingerprint density at radius 3 is 1.29 bits per heavy atom. The van der Waals surface area contributed by atoms with Crippen LogP contribution < -0.4 is 10.6 Å². The van der Waals surface area contributed by atoms with Crippen molar-refractivity contribution >= 4 is 11.4 Å². The minimum Gasteiger partial charge on any atom is -0.383 e. The van der Waals surface area contributed by atoms with Gasteiger partial charge in [0.2, 0.25) is 0 Å². The van der Waals surface area contributed by atoms with Crippen LogP contribution in [0, 0.1) is 0 Å². The van der Waals surface area contributed by atoms with Crippen molar-refractivity contribution < 1.29 is 19.5 Å². The molecular weight excluding hydrogens is 297 g/mol. The van der Waals surface area contributed by atoms with E-state index < -0.39 is 0 Å². The van der Waals surface area contributed by atoms with E-state index in [-0.39, 0.29) is 19.5 Å². The zero-order valence-corrected chi connectivity index (χ0v) is 11.3. The van der Waals surface area contributed by atoms with Crippen LogP contribution in [0.4, 0.5) is 11.4 Å². The number of rotatable bonds is 5. The molecular formula is C14H16N2Ru. The van der Waals surface area contributed by atoms with Crippen LogP contribution in [-0.2, 0) is 19.5 Å². The van der Waals surface area contributed by atoms with Crippen LogP contribution >= 0.6 is 0 Å². The predicted octanol–water partition coefficient (Wildman–Crippen LogP) is 3.21. The first-order valence-electron chi connectivity index (χ1n) is 5.53. The SMILES string of the molecule is [Ru].c1ccc(NCCNc2ccccc2)cc1. The number of hydrogen-bond acceptors (Lipinski definition) is 2. The third-order valence-electron chi connectivity index (χ3n) is 2.33. The predicted molar refractivity (Wildman–Crippen MR) is 69.9 cm³/mol. The monoisotopic (exact) mass is 314 g/mol. The molecule has 0 bridgehead atoms. The van der Waals surface area contributed by atoms with Crippen molar-refractivity contribution in [3.63, 3.8) is 0 Å². The standard InChI is InChI=1S/C14H16N2.Ru/c1-3-7-13(8-4-1)15-11-12-16-14-9-5-2-6-10-14;/h1-10,15-16H,11-12H2;. The molecule has 0 saturated carbocycles. The maximum atomic E-state index is 3.35. The van der Waals surface area contributed by atoms with Gasteiger partial charge in [-0.25, -0.2) is 0 Å². The van der Waals surface area contributed by atoms with Gasteiger partial charge in [0, 0.05) is 43.9 Å². The van der Waals surface area contributed by atoms with Crippen LogP contribution in [0.5, 0.6) is 0 Å². The van der Waals surface area contributed by atoms with Crippen molar-refractivity contribution in [2.24, 2.45) is 0 Å². The number of hydrogen-bond donors (Lipinski definition) is 2. The molecule has 0 heterocycles. The Balaban J connectivity index is 0.00000144. The summed E-state index contributed by atoms with van der Waals surface area (Å²) in [5.74, 6) is 0. The molecule has 0 amide bonds. The molecule has 90 valence electrons. The molecule has 0 atom stereocenters. The molecule has 0 spiro atoms. The van der Waals surface area contributed by atoms with E-state index in [2.05, 4.69) is 34.9 Å². The Labute approximate surface area is 115 Å². The minimum absolute atomic E-state index is 0. The maximum absolute atomic E-state index is 3.35. The van der Waals surface area contributed by atoms with Crippen molar-refractivity contribution in [2.45, 2.75) is 0 Å². The van der Waals surface area contributed by atoms with Crippen LogP contribution in [0.25, 0.3) is 0 Å². The Morgan fingerprint density at radius 1 is 0.588 bits per heavy atom. The van der Waals surface area contributed by atoms with Gasteiger partial charge in [-0.2, -0.15) is 0 Å². The molecule has 17 heavy (non-hydrogen) atoms. The van der Waals surface area contributed by atoms with E-state index in [0.29, 0.717) is 0 Å². The second kappa shape index (κ2) is 7.86. The maximum Gasteiger partial charge on any atom is 0.0340 e. The number of benzene rings is 2. The van der Waals surface area contributed by atoms with Gasteiger partial charge in [-0.1, -0.05) is 36.4 Å². The van der Waals surface area contributed by atoms with Gasteiger partial charge >= 0.3 is 0 Å². The Bertz CT molecular complexity index is 362. The summed E-state index contributed by atoms with van der Waals surface area (Å²) in [6.07, 6.45) is 0. The van der Waals surface area contributed by atoms with Crippen LogP contribution in [0.3, 0.4) is 0 Å². The number of para-hydroxylation sites is 2. The molecule has 0 saturated heterocycles. The van der Waals surface area contributed by atoms with E-state index in [1.807, 2.05) is 36.4 Å². The van der Waals surface area contributed by atoms with Crippen LogP contribution in [0.2, 0.25) is 0 Å². The van der Waals surface area contributed by atoms with E-state index >= 15 is 0 Å². The second-order valence-electron chi connectivity index (χ2n) is 3.59. The average Bonchev–Trinajstić information content (AvgIpc) is 2.37. The summed E-state index contributed by atoms with van der Waals surface area (Å²) in [6, 6.07) is 20.5. The Morgan fingerprint density at radius 2 is 0.941 bits per heavy atom. The van der Waals surface area contributed by atoms with Gasteiger partial charge in [-0.05, 0) is 24.3 Å². The summed E-state index contributed by atoms with van der Waals surface area (Å²) in [5, 5.41) is 6.70. The molecule has 0 radical (unpaired) electrons. The van der Waals surface area contributed by atoms with Crippen LogP contribution in [0.15, 0.2) is 60.7 Å². The largest absolute Gasteiger partial charge is 0.383 e. The molecule has 2 aromatic rings. The van der Waals surface area contributed by atoms with Crippen LogP contribution in [0.1, 0.15) is 0 Å². The van der Waals surface area contributed by atoms with Gasteiger partial charge in [-0.15, -0.1) is 0 Å². The topological polar surface area (TPSA) is 24.1 Å². The fraction of sp³-hybridized carbons (Fsp3) is 0.143. The summed E-state index contributed by atoms with van der Waals surface area (Å²) >= 11 is 0. The zero-order chi connectivity index (χ0) is 11.1. The van der Waals surface area contributed by atoms with Gasteiger partial charge in [0.25, 0.3) is 0 Å². The molecule has 0 aliphatic heterocycles. The summed E-state index contributed by atoms with van der Waals surface area (Å²) in [7, 11) is 0. The smallest absolute Gasteiger partial charge is 0.0340 e. The first kappa shape index (κ1) is 13.7. The Hall–Kier alpha value is -1.34. The quantitative estimate of drug-likeness (QED) is 0.654. The molecule has 2 aromatic carbocycles.